The minimum Gasteiger partial charge on any atom is -0.371 e. The standard InChI is InChI=1S/C21H32N4O2/c1-16(2)13-18-20(26)25(21(27)22-18)15-23(3)14-17-9-5-6-10-19(17)24-11-7-4-8-12-24/h5-6,9-10,16,18H,4,7-8,11-15H2,1-3H3,(H,22,27)/t18-/m0/s1. The molecule has 6 nitrogen and oxygen atoms in total. The molecular formula is C21H32N4O2. The molecule has 1 N–H and O–H groups in total. The van der Waals surface area contributed by atoms with Crippen LogP contribution in [0.3, 0.4) is 0 Å². The van der Waals surface area contributed by atoms with Crippen LogP contribution in [0.15, 0.2) is 24.3 Å². The van der Waals surface area contributed by atoms with E-state index >= 15 is 0 Å². The van der Waals surface area contributed by atoms with Crippen LogP contribution in [0.4, 0.5) is 10.5 Å². The topological polar surface area (TPSA) is 55.9 Å². The average molecular weight is 373 g/mol. The van der Waals surface area contributed by atoms with Gasteiger partial charge in [0, 0.05) is 25.3 Å². The van der Waals surface area contributed by atoms with E-state index < -0.39 is 0 Å². The predicted molar refractivity (Wildman–Crippen MR) is 107 cm³/mol. The Balaban J connectivity index is 1.63. The van der Waals surface area contributed by atoms with Gasteiger partial charge < -0.3 is 10.2 Å². The number of hydrogen-bond acceptors (Lipinski definition) is 4. The van der Waals surface area contributed by atoms with Gasteiger partial charge in [0.1, 0.15) is 6.04 Å². The third kappa shape index (κ3) is 4.80. The number of piperidine rings is 1. The van der Waals surface area contributed by atoms with Crippen molar-refractivity contribution in [2.24, 2.45) is 5.92 Å². The Morgan fingerprint density at radius 3 is 2.56 bits per heavy atom. The second-order valence-corrected chi connectivity index (χ2v) is 8.23. The van der Waals surface area contributed by atoms with Crippen LogP contribution in [-0.4, -0.2) is 54.6 Å². The second-order valence-electron chi connectivity index (χ2n) is 8.23. The molecule has 0 aromatic heterocycles. The van der Waals surface area contributed by atoms with Crippen molar-refractivity contribution in [2.45, 2.75) is 52.1 Å². The summed E-state index contributed by atoms with van der Waals surface area (Å²) >= 11 is 0. The fraction of sp³-hybridized carbons (Fsp3) is 0.619. The summed E-state index contributed by atoms with van der Waals surface area (Å²) in [5.74, 6) is 0.262. The number of anilines is 1. The van der Waals surface area contributed by atoms with Gasteiger partial charge in [-0.1, -0.05) is 32.0 Å². The molecule has 27 heavy (non-hydrogen) atoms. The maximum absolute atomic E-state index is 12.6. The first-order chi connectivity index (χ1) is 13.0. The maximum atomic E-state index is 12.6. The van der Waals surface area contributed by atoms with Crippen LogP contribution in [0, 0.1) is 5.92 Å². The molecule has 3 amide bonds. The van der Waals surface area contributed by atoms with Gasteiger partial charge >= 0.3 is 6.03 Å². The fourth-order valence-electron chi connectivity index (χ4n) is 4.01. The summed E-state index contributed by atoms with van der Waals surface area (Å²) < 4.78 is 0. The van der Waals surface area contributed by atoms with Crippen molar-refractivity contribution < 1.29 is 9.59 Å². The van der Waals surface area contributed by atoms with Gasteiger partial charge in [-0.2, -0.15) is 0 Å². The molecule has 0 aliphatic carbocycles. The van der Waals surface area contributed by atoms with E-state index in [1.165, 1.54) is 35.4 Å². The van der Waals surface area contributed by atoms with E-state index in [9.17, 15) is 9.59 Å². The molecule has 1 atom stereocenters. The summed E-state index contributed by atoms with van der Waals surface area (Å²) in [4.78, 5) is 30.6. The van der Waals surface area contributed by atoms with Gasteiger partial charge in [-0.3, -0.25) is 9.69 Å². The van der Waals surface area contributed by atoms with Gasteiger partial charge in [0.05, 0.1) is 6.67 Å². The molecule has 0 saturated carbocycles. The van der Waals surface area contributed by atoms with Crippen molar-refractivity contribution >= 4 is 17.6 Å². The zero-order valence-corrected chi connectivity index (χ0v) is 16.8. The molecule has 2 aliphatic heterocycles. The highest BCUT2D eigenvalue weighted by atomic mass is 16.2. The van der Waals surface area contributed by atoms with Gasteiger partial charge in [-0.05, 0) is 50.3 Å². The van der Waals surface area contributed by atoms with Crippen LogP contribution in [-0.2, 0) is 11.3 Å². The van der Waals surface area contributed by atoms with Gasteiger partial charge in [-0.15, -0.1) is 0 Å². The summed E-state index contributed by atoms with van der Waals surface area (Å²) in [6.07, 6.45) is 4.47. The fourth-order valence-corrected chi connectivity index (χ4v) is 4.01. The molecule has 6 heteroatoms. The first-order valence-electron chi connectivity index (χ1n) is 10.1. The zero-order valence-electron chi connectivity index (χ0n) is 16.8. The number of rotatable bonds is 7. The van der Waals surface area contributed by atoms with Crippen molar-refractivity contribution in [1.82, 2.24) is 15.1 Å². The lowest BCUT2D eigenvalue weighted by atomic mass is 10.0. The number of carbonyl (C=O) groups is 2. The summed E-state index contributed by atoms with van der Waals surface area (Å²) in [7, 11) is 1.96. The van der Waals surface area contributed by atoms with Crippen LogP contribution in [0.5, 0.6) is 0 Å². The summed E-state index contributed by atoms with van der Waals surface area (Å²) in [5, 5.41) is 2.82. The first-order valence-corrected chi connectivity index (χ1v) is 10.1. The Labute approximate surface area is 162 Å². The van der Waals surface area contributed by atoms with Crippen LogP contribution in [0.2, 0.25) is 0 Å². The number of para-hydroxylation sites is 1. The Hall–Kier alpha value is -2.08. The van der Waals surface area contributed by atoms with Crippen molar-refractivity contribution in [2.75, 3.05) is 31.7 Å². The molecule has 2 saturated heterocycles. The summed E-state index contributed by atoms with van der Waals surface area (Å²) in [6.45, 7) is 7.35. The van der Waals surface area contributed by atoms with Gasteiger partial charge in [-0.25, -0.2) is 9.69 Å². The number of amides is 3. The zero-order chi connectivity index (χ0) is 19.4. The molecule has 0 radical (unpaired) electrons. The number of carbonyl (C=O) groups excluding carboxylic acids is 2. The highest BCUT2D eigenvalue weighted by molar-refractivity contribution is 6.04. The quantitative estimate of drug-likeness (QED) is 0.748. The lowest BCUT2D eigenvalue weighted by Gasteiger charge is -2.32. The Bertz CT molecular complexity index is 670. The third-order valence-corrected chi connectivity index (χ3v) is 5.33. The Kier molecular flexibility index (Phi) is 6.37. The van der Waals surface area contributed by atoms with E-state index in [2.05, 4.69) is 48.3 Å². The van der Waals surface area contributed by atoms with Gasteiger partial charge in [0.25, 0.3) is 5.91 Å². The molecule has 2 heterocycles. The van der Waals surface area contributed by atoms with Gasteiger partial charge in [0.2, 0.25) is 0 Å². The van der Waals surface area contributed by atoms with E-state index in [-0.39, 0.29) is 18.0 Å². The van der Waals surface area contributed by atoms with Crippen LogP contribution in [0.1, 0.15) is 45.1 Å². The van der Waals surface area contributed by atoms with Crippen molar-refractivity contribution in [1.29, 1.82) is 0 Å². The predicted octanol–water partition coefficient (Wildman–Crippen LogP) is 3.03. The van der Waals surface area contributed by atoms with Crippen molar-refractivity contribution in [3.63, 3.8) is 0 Å². The van der Waals surface area contributed by atoms with E-state index in [4.69, 9.17) is 0 Å². The van der Waals surface area contributed by atoms with E-state index in [0.29, 0.717) is 25.6 Å². The molecule has 1 aromatic carbocycles. The minimum atomic E-state index is -0.383. The molecular weight excluding hydrogens is 340 g/mol. The van der Waals surface area contributed by atoms with E-state index in [1.807, 2.05) is 11.9 Å². The van der Waals surface area contributed by atoms with Crippen molar-refractivity contribution in [3.05, 3.63) is 29.8 Å². The highest BCUT2D eigenvalue weighted by Gasteiger charge is 2.38. The molecule has 2 fully saturated rings. The number of nitrogens with one attached hydrogen (secondary N) is 1. The molecule has 2 aliphatic rings. The van der Waals surface area contributed by atoms with Crippen LogP contribution >= 0.6 is 0 Å². The van der Waals surface area contributed by atoms with E-state index in [0.717, 1.165) is 13.1 Å². The first kappa shape index (κ1) is 19.7. The summed E-state index contributed by atoms with van der Waals surface area (Å²) in [5.41, 5.74) is 2.52. The largest absolute Gasteiger partial charge is 0.371 e. The summed E-state index contributed by atoms with van der Waals surface area (Å²) in [6, 6.07) is 7.81. The Morgan fingerprint density at radius 1 is 1.15 bits per heavy atom. The number of nitrogens with zero attached hydrogens (tertiary/aromatic N) is 3. The average Bonchev–Trinajstić information content (AvgIpc) is 2.90. The van der Waals surface area contributed by atoms with Crippen molar-refractivity contribution in [3.8, 4) is 0 Å². The third-order valence-electron chi connectivity index (χ3n) is 5.33. The lowest BCUT2D eigenvalue weighted by Crippen LogP contribution is -2.40. The lowest BCUT2D eigenvalue weighted by molar-refractivity contribution is -0.129. The number of benzene rings is 1. The number of hydrogen-bond donors (Lipinski definition) is 1. The molecule has 0 bridgehead atoms. The number of urea groups is 1. The number of imide groups is 1. The smallest absolute Gasteiger partial charge is 0.325 e. The SMILES string of the molecule is CC(C)C[C@@H]1NC(=O)N(CN(C)Cc2ccccc2N2CCCCC2)C1=O. The monoisotopic (exact) mass is 372 g/mol. The molecule has 3 rings (SSSR count). The highest BCUT2D eigenvalue weighted by Crippen LogP contribution is 2.25. The normalized spacial score (nSPS) is 20.7. The Morgan fingerprint density at radius 2 is 1.85 bits per heavy atom. The van der Waals surface area contributed by atoms with Crippen LogP contribution < -0.4 is 10.2 Å². The molecule has 0 unspecified atom stereocenters. The van der Waals surface area contributed by atoms with E-state index in [1.54, 1.807) is 0 Å². The van der Waals surface area contributed by atoms with Crippen LogP contribution in [0.25, 0.3) is 0 Å². The van der Waals surface area contributed by atoms with Gasteiger partial charge in [0.15, 0.2) is 0 Å². The minimum absolute atomic E-state index is 0.107. The maximum Gasteiger partial charge on any atom is 0.325 e. The molecule has 0 spiro atoms. The molecule has 1 aromatic rings. The molecule has 148 valence electrons. The second kappa shape index (κ2) is 8.74.